The average Bonchev–Trinajstić information content (AvgIpc) is 3.17. The molecule has 2 aromatic carbocycles. The lowest BCUT2D eigenvalue weighted by molar-refractivity contribution is -0.134. The van der Waals surface area contributed by atoms with Gasteiger partial charge in [-0.1, -0.05) is 18.2 Å². The highest BCUT2D eigenvalue weighted by Gasteiger charge is 2.33. The summed E-state index contributed by atoms with van der Waals surface area (Å²) in [6.07, 6.45) is 0.104. The average molecular weight is 486 g/mol. The van der Waals surface area contributed by atoms with E-state index in [0.29, 0.717) is 12.1 Å². The Labute approximate surface area is 198 Å². The SMILES string of the molecule is CC(C)(C)OC(=O)Nc1ccc(S(=O)(=O)N2Cc3ccc(C4CCC(=O)NC4=O)cc3C2)cc1. The van der Waals surface area contributed by atoms with E-state index in [1.54, 1.807) is 20.8 Å². The maximum absolute atomic E-state index is 13.2. The van der Waals surface area contributed by atoms with Gasteiger partial charge in [-0.25, -0.2) is 13.2 Å². The van der Waals surface area contributed by atoms with Gasteiger partial charge in [0.2, 0.25) is 21.8 Å². The van der Waals surface area contributed by atoms with Crippen LogP contribution in [0.25, 0.3) is 0 Å². The van der Waals surface area contributed by atoms with E-state index in [0.717, 1.165) is 16.7 Å². The van der Waals surface area contributed by atoms with Crippen LogP contribution in [0.3, 0.4) is 0 Å². The van der Waals surface area contributed by atoms with Crippen LogP contribution in [0.1, 0.15) is 56.2 Å². The third-order valence-electron chi connectivity index (χ3n) is 5.70. The Bertz CT molecular complexity index is 1250. The first-order chi connectivity index (χ1) is 15.9. The summed E-state index contributed by atoms with van der Waals surface area (Å²) < 4.78 is 33.0. The summed E-state index contributed by atoms with van der Waals surface area (Å²) in [7, 11) is -3.77. The number of nitrogens with one attached hydrogen (secondary N) is 2. The predicted molar refractivity (Wildman–Crippen MR) is 124 cm³/mol. The van der Waals surface area contributed by atoms with E-state index in [-0.39, 0.29) is 36.2 Å². The molecule has 1 unspecified atom stereocenters. The summed E-state index contributed by atoms with van der Waals surface area (Å²) in [4.78, 5) is 35.7. The van der Waals surface area contributed by atoms with Crippen LogP contribution >= 0.6 is 0 Å². The number of sulfonamides is 1. The van der Waals surface area contributed by atoms with Gasteiger partial charge in [0.1, 0.15) is 5.60 Å². The summed E-state index contributed by atoms with van der Waals surface area (Å²) in [5.74, 6) is -1.01. The highest BCUT2D eigenvalue weighted by molar-refractivity contribution is 7.89. The Morgan fingerprint density at radius 3 is 2.38 bits per heavy atom. The van der Waals surface area contributed by atoms with E-state index < -0.39 is 27.6 Å². The molecule has 3 amide bonds. The van der Waals surface area contributed by atoms with Crippen LogP contribution in [-0.4, -0.2) is 36.2 Å². The minimum atomic E-state index is -3.77. The van der Waals surface area contributed by atoms with Crippen molar-refractivity contribution in [2.75, 3.05) is 5.32 Å². The molecule has 10 heteroatoms. The van der Waals surface area contributed by atoms with Gasteiger partial charge in [-0.15, -0.1) is 0 Å². The molecule has 9 nitrogen and oxygen atoms in total. The van der Waals surface area contributed by atoms with Crippen molar-refractivity contribution in [3.8, 4) is 0 Å². The number of imide groups is 1. The van der Waals surface area contributed by atoms with E-state index in [1.807, 2.05) is 18.2 Å². The van der Waals surface area contributed by atoms with Crippen molar-refractivity contribution in [1.82, 2.24) is 9.62 Å². The minimum absolute atomic E-state index is 0.112. The third kappa shape index (κ3) is 5.13. The molecule has 4 rings (SSSR count). The number of rotatable bonds is 4. The van der Waals surface area contributed by atoms with Crippen LogP contribution in [-0.2, 0) is 37.4 Å². The first-order valence-corrected chi connectivity index (χ1v) is 12.4. The molecule has 2 N–H and O–H groups in total. The van der Waals surface area contributed by atoms with E-state index in [9.17, 15) is 22.8 Å². The lowest BCUT2D eigenvalue weighted by Gasteiger charge is -2.21. The molecule has 1 atom stereocenters. The van der Waals surface area contributed by atoms with Gasteiger partial charge in [-0.3, -0.25) is 20.2 Å². The monoisotopic (exact) mass is 485 g/mol. The number of hydrogen-bond donors (Lipinski definition) is 2. The molecule has 2 heterocycles. The van der Waals surface area contributed by atoms with Gasteiger partial charge in [0, 0.05) is 25.2 Å². The molecule has 0 saturated carbocycles. The number of hydrogen-bond acceptors (Lipinski definition) is 6. The number of benzene rings is 2. The van der Waals surface area contributed by atoms with Crippen LogP contribution in [0.5, 0.6) is 0 Å². The van der Waals surface area contributed by atoms with Gasteiger partial charge in [-0.05, 0) is 68.1 Å². The van der Waals surface area contributed by atoms with Gasteiger partial charge in [0.25, 0.3) is 0 Å². The largest absolute Gasteiger partial charge is 0.444 e. The number of carbonyl (C=O) groups is 3. The van der Waals surface area contributed by atoms with Gasteiger partial charge in [0.15, 0.2) is 0 Å². The van der Waals surface area contributed by atoms with Gasteiger partial charge < -0.3 is 4.74 Å². The van der Waals surface area contributed by atoms with Crippen LogP contribution in [0, 0.1) is 0 Å². The Balaban J connectivity index is 1.46. The number of nitrogens with zero attached hydrogens (tertiary/aromatic N) is 1. The van der Waals surface area contributed by atoms with Crippen LogP contribution in [0.4, 0.5) is 10.5 Å². The zero-order valence-electron chi connectivity index (χ0n) is 19.3. The second-order valence-electron chi connectivity index (χ2n) is 9.46. The molecule has 34 heavy (non-hydrogen) atoms. The zero-order chi connectivity index (χ0) is 24.7. The Morgan fingerprint density at radius 2 is 1.74 bits per heavy atom. The molecule has 1 saturated heterocycles. The van der Waals surface area contributed by atoms with Crippen molar-refractivity contribution in [3.05, 3.63) is 59.2 Å². The zero-order valence-corrected chi connectivity index (χ0v) is 20.1. The topological polar surface area (TPSA) is 122 Å². The molecule has 2 aromatic rings. The number of ether oxygens (including phenoxy) is 1. The first-order valence-electron chi connectivity index (χ1n) is 11.0. The summed E-state index contributed by atoms with van der Waals surface area (Å²) >= 11 is 0. The first kappa shape index (κ1) is 23.9. The number of carbonyl (C=O) groups excluding carboxylic acids is 3. The highest BCUT2D eigenvalue weighted by Crippen LogP contribution is 2.33. The number of fused-ring (bicyclic) bond motifs is 1. The summed E-state index contributed by atoms with van der Waals surface area (Å²) in [6, 6.07) is 11.4. The Hall–Kier alpha value is -3.24. The molecule has 2 aliphatic heterocycles. The number of anilines is 1. The van der Waals surface area contributed by atoms with Crippen molar-refractivity contribution in [1.29, 1.82) is 0 Å². The molecule has 2 aliphatic rings. The molecular weight excluding hydrogens is 458 g/mol. The van der Waals surface area contributed by atoms with Gasteiger partial charge in [0.05, 0.1) is 10.8 Å². The van der Waals surface area contributed by atoms with Crippen molar-refractivity contribution in [2.24, 2.45) is 0 Å². The second-order valence-corrected chi connectivity index (χ2v) is 11.4. The van der Waals surface area contributed by atoms with Crippen molar-refractivity contribution >= 4 is 33.6 Å². The van der Waals surface area contributed by atoms with E-state index in [4.69, 9.17) is 4.74 Å². The fourth-order valence-electron chi connectivity index (χ4n) is 4.06. The third-order valence-corrected chi connectivity index (χ3v) is 7.51. The summed E-state index contributed by atoms with van der Waals surface area (Å²) in [5, 5.41) is 4.94. The quantitative estimate of drug-likeness (QED) is 0.641. The van der Waals surface area contributed by atoms with Crippen LogP contribution in [0.15, 0.2) is 47.4 Å². The highest BCUT2D eigenvalue weighted by atomic mass is 32.2. The fourth-order valence-corrected chi connectivity index (χ4v) is 5.46. The molecule has 180 valence electrons. The van der Waals surface area contributed by atoms with Crippen LogP contribution < -0.4 is 10.6 Å². The molecule has 1 fully saturated rings. The van der Waals surface area contributed by atoms with Gasteiger partial charge >= 0.3 is 6.09 Å². The molecule has 0 spiro atoms. The van der Waals surface area contributed by atoms with E-state index in [2.05, 4.69) is 10.6 Å². The second kappa shape index (κ2) is 8.84. The lowest BCUT2D eigenvalue weighted by Crippen LogP contribution is -2.39. The molecular formula is C24H27N3O6S. The lowest BCUT2D eigenvalue weighted by atomic mass is 9.89. The van der Waals surface area contributed by atoms with Gasteiger partial charge in [-0.2, -0.15) is 4.31 Å². The Kier molecular flexibility index (Phi) is 6.22. The minimum Gasteiger partial charge on any atom is -0.444 e. The van der Waals surface area contributed by atoms with E-state index in [1.165, 1.54) is 28.6 Å². The van der Waals surface area contributed by atoms with Crippen LogP contribution in [0.2, 0.25) is 0 Å². The fraction of sp³-hybridized carbons (Fsp3) is 0.375. The normalized spacial score (nSPS) is 18.9. The maximum atomic E-state index is 13.2. The smallest absolute Gasteiger partial charge is 0.412 e. The number of piperidine rings is 1. The number of amides is 3. The summed E-state index contributed by atoms with van der Waals surface area (Å²) in [5.41, 5.74) is 2.28. The molecule has 0 aromatic heterocycles. The van der Waals surface area contributed by atoms with E-state index >= 15 is 0 Å². The molecule has 0 radical (unpaired) electrons. The molecule has 0 aliphatic carbocycles. The maximum Gasteiger partial charge on any atom is 0.412 e. The molecule has 0 bridgehead atoms. The van der Waals surface area contributed by atoms with Crippen molar-refractivity contribution < 1.29 is 27.5 Å². The predicted octanol–water partition coefficient (Wildman–Crippen LogP) is 3.26. The Morgan fingerprint density at radius 1 is 1.06 bits per heavy atom. The standard InChI is InChI=1S/C24H27N3O6S/c1-24(2,3)33-23(30)25-18-6-8-19(9-7-18)34(31,32)27-13-16-5-4-15(12-17(16)14-27)20-10-11-21(28)26-22(20)29/h4-9,12,20H,10-11,13-14H2,1-3H3,(H,25,30)(H,26,28,29). The van der Waals surface area contributed by atoms with Crippen molar-refractivity contribution in [3.63, 3.8) is 0 Å². The van der Waals surface area contributed by atoms with Crippen molar-refractivity contribution in [2.45, 2.75) is 63.1 Å². The summed E-state index contributed by atoms with van der Waals surface area (Å²) in [6.45, 7) is 5.68.